The maximum Gasteiger partial charge on any atom is 0.240 e. The fourth-order valence-electron chi connectivity index (χ4n) is 1.61. The number of aryl methyl sites for hydroxylation is 1. The number of sulfonamides is 1. The van der Waals surface area contributed by atoms with Crippen molar-refractivity contribution in [2.45, 2.75) is 22.6 Å². The van der Waals surface area contributed by atoms with E-state index in [0.717, 1.165) is 21.5 Å². The van der Waals surface area contributed by atoms with Gasteiger partial charge in [-0.3, -0.25) is 0 Å². The molecule has 0 saturated carbocycles. The van der Waals surface area contributed by atoms with Gasteiger partial charge in [-0.05, 0) is 37.6 Å². The fourth-order valence-corrected chi connectivity index (χ4v) is 4.51. The summed E-state index contributed by atoms with van der Waals surface area (Å²) in [6.45, 7) is 2.30. The summed E-state index contributed by atoms with van der Waals surface area (Å²) in [5.41, 5.74) is 0. The quantitative estimate of drug-likeness (QED) is 0.575. The number of ether oxygens (including phenoxy) is 1. The standard InChI is InChI=1S/C13H17N3O3S3/c1-10-15-16-13(21-10)20-9-3-8-14-22(17,18)12-6-4-11(19-2)5-7-12/h4-7,14H,3,8-9H2,1-2H3. The van der Waals surface area contributed by atoms with Crippen LogP contribution in [0.15, 0.2) is 33.5 Å². The lowest BCUT2D eigenvalue weighted by Crippen LogP contribution is -2.25. The summed E-state index contributed by atoms with van der Waals surface area (Å²) in [6.07, 6.45) is 0.721. The SMILES string of the molecule is COc1ccc(S(=O)(=O)NCCCSc2nnc(C)s2)cc1. The molecule has 6 nitrogen and oxygen atoms in total. The number of nitrogens with one attached hydrogen (secondary N) is 1. The first kappa shape index (κ1) is 17.2. The van der Waals surface area contributed by atoms with Gasteiger partial charge in [-0.2, -0.15) is 0 Å². The van der Waals surface area contributed by atoms with Crippen molar-refractivity contribution < 1.29 is 13.2 Å². The van der Waals surface area contributed by atoms with Crippen molar-refractivity contribution in [3.8, 4) is 5.75 Å². The normalized spacial score (nSPS) is 11.5. The highest BCUT2D eigenvalue weighted by Gasteiger charge is 2.13. The third-order valence-electron chi connectivity index (χ3n) is 2.72. The van der Waals surface area contributed by atoms with Gasteiger partial charge in [0.2, 0.25) is 10.0 Å². The molecule has 0 fully saturated rings. The largest absolute Gasteiger partial charge is 0.497 e. The number of hydrogen-bond donors (Lipinski definition) is 1. The fraction of sp³-hybridized carbons (Fsp3) is 0.385. The molecule has 1 aromatic carbocycles. The Morgan fingerprint density at radius 3 is 2.59 bits per heavy atom. The van der Waals surface area contributed by atoms with Crippen LogP contribution in [0.2, 0.25) is 0 Å². The number of aromatic nitrogens is 2. The lowest BCUT2D eigenvalue weighted by molar-refractivity contribution is 0.414. The molecule has 0 spiro atoms. The van der Waals surface area contributed by atoms with Crippen molar-refractivity contribution in [3.63, 3.8) is 0 Å². The van der Waals surface area contributed by atoms with E-state index in [9.17, 15) is 8.42 Å². The van der Waals surface area contributed by atoms with E-state index in [2.05, 4.69) is 14.9 Å². The first-order valence-corrected chi connectivity index (χ1v) is 9.86. The third-order valence-corrected chi connectivity index (χ3v) is 6.25. The number of benzene rings is 1. The Labute approximate surface area is 138 Å². The molecule has 0 amide bonds. The maximum absolute atomic E-state index is 12.1. The lowest BCUT2D eigenvalue weighted by Gasteiger charge is -2.07. The van der Waals surface area contributed by atoms with E-state index in [1.165, 1.54) is 12.1 Å². The molecule has 2 rings (SSSR count). The molecule has 1 N–H and O–H groups in total. The van der Waals surface area contributed by atoms with Crippen molar-refractivity contribution >= 4 is 33.1 Å². The molecule has 0 radical (unpaired) electrons. The molecule has 9 heteroatoms. The van der Waals surface area contributed by atoms with E-state index in [1.54, 1.807) is 42.3 Å². The van der Waals surface area contributed by atoms with Gasteiger partial charge in [-0.15, -0.1) is 10.2 Å². The Balaban J connectivity index is 1.77. The summed E-state index contributed by atoms with van der Waals surface area (Å²) in [7, 11) is -1.93. The van der Waals surface area contributed by atoms with Crippen LogP contribution in [0.5, 0.6) is 5.75 Å². The molecule has 1 aromatic heterocycles. The average Bonchev–Trinajstić information content (AvgIpc) is 2.92. The molecule has 0 aliphatic rings. The Hall–Kier alpha value is -1.16. The van der Waals surface area contributed by atoms with Crippen molar-refractivity contribution in [2.75, 3.05) is 19.4 Å². The van der Waals surface area contributed by atoms with Gasteiger partial charge in [0.05, 0.1) is 12.0 Å². The monoisotopic (exact) mass is 359 g/mol. The summed E-state index contributed by atoms with van der Waals surface area (Å²) >= 11 is 3.13. The van der Waals surface area contributed by atoms with E-state index in [1.807, 2.05) is 6.92 Å². The van der Waals surface area contributed by atoms with Crippen molar-refractivity contribution in [1.29, 1.82) is 0 Å². The summed E-state index contributed by atoms with van der Waals surface area (Å²) in [5, 5.41) is 8.87. The van der Waals surface area contributed by atoms with E-state index in [-0.39, 0.29) is 4.90 Å². The Bertz CT molecular complexity index is 699. The van der Waals surface area contributed by atoms with E-state index in [0.29, 0.717) is 12.3 Å². The minimum Gasteiger partial charge on any atom is -0.497 e. The second-order valence-corrected chi connectivity index (χ2v) is 8.65. The summed E-state index contributed by atoms with van der Waals surface area (Å²) in [5.74, 6) is 1.42. The molecule has 0 atom stereocenters. The van der Waals surface area contributed by atoms with Gasteiger partial charge in [0.25, 0.3) is 0 Å². The van der Waals surface area contributed by atoms with E-state index >= 15 is 0 Å². The number of nitrogens with zero attached hydrogens (tertiary/aromatic N) is 2. The van der Waals surface area contributed by atoms with E-state index < -0.39 is 10.0 Å². The summed E-state index contributed by atoms with van der Waals surface area (Å²) in [6, 6.07) is 6.31. The first-order valence-electron chi connectivity index (χ1n) is 6.58. The molecular weight excluding hydrogens is 342 g/mol. The number of methoxy groups -OCH3 is 1. The van der Waals surface area contributed by atoms with Crippen molar-refractivity contribution in [1.82, 2.24) is 14.9 Å². The topological polar surface area (TPSA) is 81.2 Å². The molecule has 120 valence electrons. The zero-order valence-electron chi connectivity index (χ0n) is 12.3. The highest BCUT2D eigenvalue weighted by Crippen LogP contribution is 2.22. The molecule has 0 aliphatic carbocycles. The molecule has 0 aliphatic heterocycles. The third kappa shape index (κ3) is 4.94. The van der Waals surface area contributed by atoms with Crippen LogP contribution in [0.4, 0.5) is 0 Å². The van der Waals surface area contributed by atoms with Crippen LogP contribution in [0.25, 0.3) is 0 Å². The van der Waals surface area contributed by atoms with Gasteiger partial charge in [0.1, 0.15) is 10.8 Å². The minimum absolute atomic E-state index is 0.237. The predicted molar refractivity (Wildman–Crippen MR) is 88.2 cm³/mol. The number of thioether (sulfide) groups is 1. The Morgan fingerprint density at radius 1 is 1.27 bits per heavy atom. The van der Waals surface area contributed by atoms with Crippen LogP contribution in [0.1, 0.15) is 11.4 Å². The highest BCUT2D eigenvalue weighted by molar-refractivity contribution is 8.01. The summed E-state index contributed by atoms with van der Waals surface area (Å²) < 4.78 is 32.7. The number of hydrogen-bond acceptors (Lipinski definition) is 7. The minimum atomic E-state index is -3.47. The molecule has 22 heavy (non-hydrogen) atoms. The maximum atomic E-state index is 12.1. The molecule has 0 saturated heterocycles. The number of rotatable bonds is 8. The van der Waals surface area contributed by atoms with Gasteiger partial charge < -0.3 is 4.74 Å². The second kappa shape index (κ2) is 7.91. The molecule has 1 heterocycles. The van der Waals surface area contributed by atoms with Crippen LogP contribution < -0.4 is 9.46 Å². The van der Waals surface area contributed by atoms with Gasteiger partial charge in [0, 0.05) is 12.3 Å². The van der Waals surface area contributed by atoms with Gasteiger partial charge in [0.15, 0.2) is 4.34 Å². The molecule has 2 aromatic rings. The van der Waals surface area contributed by atoms with Crippen LogP contribution >= 0.6 is 23.1 Å². The van der Waals surface area contributed by atoms with Gasteiger partial charge in [-0.1, -0.05) is 23.1 Å². The van der Waals surface area contributed by atoms with Gasteiger partial charge in [-0.25, -0.2) is 13.1 Å². The lowest BCUT2D eigenvalue weighted by atomic mass is 10.3. The van der Waals surface area contributed by atoms with E-state index in [4.69, 9.17) is 4.74 Å². The Kier molecular flexibility index (Phi) is 6.18. The van der Waals surface area contributed by atoms with Crippen molar-refractivity contribution in [3.05, 3.63) is 29.3 Å². The predicted octanol–water partition coefficient (Wildman–Crippen LogP) is 2.32. The highest BCUT2D eigenvalue weighted by atomic mass is 32.2. The first-order chi connectivity index (χ1) is 10.5. The Morgan fingerprint density at radius 2 is 2.00 bits per heavy atom. The molecule has 0 unspecified atom stereocenters. The molecule has 0 bridgehead atoms. The zero-order chi connectivity index (χ0) is 16.0. The van der Waals surface area contributed by atoms with Crippen LogP contribution in [-0.4, -0.2) is 38.0 Å². The smallest absolute Gasteiger partial charge is 0.240 e. The second-order valence-electron chi connectivity index (χ2n) is 4.36. The van der Waals surface area contributed by atoms with Gasteiger partial charge >= 0.3 is 0 Å². The average molecular weight is 359 g/mol. The van der Waals surface area contributed by atoms with Crippen LogP contribution in [-0.2, 0) is 10.0 Å². The van der Waals surface area contributed by atoms with Crippen molar-refractivity contribution in [2.24, 2.45) is 0 Å². The zero-order valence-corrected chi connectivity index (χ0v) is 14.7. The molecular formula is C13H17N3O3S3. The summed E-state index contributed by atoms with van der Waals surface area (Å²) in [4.78, 5) is 0.237. The van der Waals surface area contributed by atoms with Crippen LogP contribution in [0, 0.1) is 6.92 Å². The van der Waals surface area contributed by atoms with Crippen LogP contribution in [0.3, 0.4) is 0 Å².